The van der Waals surface area contributed by atoms with Gasteiger partial charge in [0.15, 0.2) is 20.7 Å². The predicted molar refractivity (Wildman–Crippen MR) is 123 cm³/mol. The smallest absolute Gasteiger partial charge is 0.274 e. The molecule has 1 fully saturated rings. The van der Waals surface area contributed by atoms with Crippen LogP contribution in [-0.2, 0) is 16.4 Å². The van der Waals surface area contributed by atoms with Gasteiger partial charge in [0, 0.05) is 12.6 Å². The van der Waals surface area contributed by atoms with Crippen molar-refractivity contribution < 1.29 is 17.9 Å². The van der Waals surface area contributed by atoms with Crippen LogP contribution in [0.3, 0.4) is 0 Å². The van der Waals surface area contributed by atoms with Crippen LogP contribution < -0.4 is 4.74 Å². The molecule has 1 aromatic carbocycles. The molecule has 1 saturated heterocycles. The SMILES string of the molecule is CCCOc1ccc(CN(C(=O)c2nc(SCC)ncc2Cl)C2CCS(=O)(=O)C2)cc1. The molecular weight excluding hydrogens is 458 g/mol. The van der Waals surface area contributed by atoms with E-state index in [1.165, 1.54) is 18.0 Å². The molecule has 1 atom stereocenters. The van der Waals surface area contributed by atoms with Crippen molar-refractivity contribution in [2.75, 3.05) is 23.9 Å². The van der Waals surface area contributed by atoms with Crippen LogP contribution >= 0.6 is 23.4 Å². The molecule has 0 aliphatic carbocycles. The summed E-state index contributed by atoms with van der Waals surface area (Å²) in [7, 11) is -3.18. The first-order valence-corrected chi connectivity index (χ1v) is 13.4. The van der Waals surface area contributed by atoms with E-state index in [2.05, 4.69) is 9.97 Å². The van der Waals surface area contributed by atoms with E-state index >= 15 is 0 Å². The molecule has 0 spiro atoms. The third kappa shape index (κ3) is 6.33. The molecule has 2 aromatic rings. The lowest BCUT2D eigenvalue weighted by Crippen LogP contribution is -2.41. The zero-order valence-corrected chi connectivity index (χ0v) is 20.0. The van der Waals surface area contributed by atoms with Gasteiger partial charge in [-0.3, -0.25) is 4.79 Å². The molecule has 1 aliphatic heterocycles. The molecule has 1 amide bonds. The van der Waals surface area contributed by atoms with Gasteiger partial charge in [-0.05, 0) is 36.3 Å². The fraction of sp³-hybridized carbons (Fsp3) is 0.476. The first kappa shape index (κ1) is 23.8. The number of thioether (sulfide) groups is 1. The zero-order valence-electron chi connectivity index (χ0n) is 17.6. The van der Waals surface area contributed by atoms with Crippen LogP contribution in [0, 0.1) is 0 Å². The highest BCUT2D eigenvalue weighted by atomic mass is 35.5. The van der Waals surface area contributed by atoms with Crippen LogP contribution in [-0.4, -0.2) is 59.1 Å². The standard InChI is InChI=1S/C21H26ClN3O4S2/c1-3-10-29-17-7-5-15(6-8-17)13-25(16-9-11-31(27,28)14-16)20(26)19-18(22)12-23-21(24-19)30-4-2/h5-8,12,16H,3-4,9-11,13-14H2,1-2H3. The fourth-order valence-electron chi connectivity index (χ4n) is 3.33. The molecule has 2 heterocycles. The molecule has 1 aromatic heterocycles. The number of carbonyl (C=O) groups is 1. The highest BCUT2D eigenvalue weighted by Crippen LogP contribution is 2.26. The van der Waals surface area contributed by atoms with Gasteiger partial charge in [0.1, 0.15) is 5.75 Å². The van der Waals surface area contributed by atoms with E-state index in [0.29, 0.717) is 18.2 Å². The molecule has 0 radical (unpaired) electrons. The van der Waals surface area contributed by atoms with Crippen molar-refractivity contribution in [1.29, 1.82) is 0 Å². The lowest BCUT2D eigenvalue weighted by Gasteiger charge is -2.28. The second-order valence-electron chi connectivity index (χ2n) is 7.26. The summed E-state index contributed by atoms with van der Waals surface area (Å²) in [6.07, 6.45) is 2.73. The van der Waals surface area contributed by atoms with Crippen LogP contribution in [0.2, 0.25) is 5.02 Å². The van der Waals surface area contributed by atoms with Crippen LogP contribution in [0.1, 0.15) is 42.7 Å². The quantitative estimate of drug-likeness (QED) is 0.395. The number of hydrogen-bond donors (Lipinski definition) is 0. The van der Waals surface area contributed by atoms with Crippen molar-refractivity contribution in [1.82, 2.24) is 14.9 Å². The van der Waals surface area contributed by atoms with Gasteiger partial charge in [-0.15, -0.1) is 0 Å². The average Bonchev–Trinajstić information content (AvgIpc) is 3.11. The maximum atomic E-state index is 13.5. The molecule has 3 rings (SSSR count). The van der Waals surface area contributed by atoms with Gasteiger partial charge in [-0.1, -0.05) is 49.3 Å². The third-order valence-electron chi connectivity index (χ3n) is 4.86. The number of sulfone groups is 1. The second kappa shape index (κ2) is 10.7. The number of ether oxygens (including phenoxy) is 1. The van der Waals surface area contributed by atoms with Gasteiger partial charge in [0.25, 0.3) is 5.91 Å². The van der Waals surface area contributed by atoms with Crippen molar-refractivity contribution in [3.05, 3.63) is 46.7 Å². The van der Waals surface area contributed by atoms with Crippen molar-refractivity contribution >= 4 is 39.1 Å². The Balaban J connectivity index is 1.88. The fourth-order valence-corrected chi connectivity index (χ4v) is 5.78. The number of aromatic nitrogens is 2. The number of nitrogens with zero attached hydrogens (tertiary/aromatic N) is 3. The van der Waals surface area contributed by atoms with Gasteiger partial charge in [-0.2, -0.15) is 0 Å². The van der Waals surface area contributed by atoms with Crippen LogP contribution in [0.15, 0.2) is 35.6 Å². The Hall–Kier alpha value is -1.84. The van der Waals surface area contributed by atoms with Crippen molar-refractivity contribution in [2.45, 2.75) is 44.4 Å². The predicted octanol–water partition coefficient (Wildman–Crippen LogP) is 3.86. The monoisotopic (exact) mass is 483 g/mol. The molecule has 10 heteroatoms. The van der Waals surface area contributed by atoms with Crippen LogP contribution in [0.5, 0.6) is 5.75 Å². The number of halogens is 1. The van der Waals surface area contributed by atoms with E-state index < -0.39 is 21.8 Å². The number of hydrogen-bond acceptors (Lipinski definition) is 7. The van der Waals surface area contributed by atoms with E-state index in [0.717, 1.165) is 23.5 Å². The number of amides is 1. The summed E-state index contributed by atoms with van der Waals surface area (Å²) in [4.78, 5) is 23.5. The third-order valence-corrected chi connectivity index (χ3v) is 7.63. The normalized spacial score (nSPS) is 17.5. The minimum absolute atomic E-state index is 0.0598. The maximum Gasteiger partial charge on any atom is 0.274 e. The van der Waals surface area contributed by atoms with Crippen molar-refractivity contribution in [3.63, 3.8) is 0 Å². The maximum absolute atomic E-state index is 13.5. The Labute approximate surface area is 192 Å². The zero-order chi connectivity index (χ0) is 22.4. The van der Waals surface area contributed by atoms with Crippen molar-refractivity contribution in [2.24, 2.45) is 0 Å². The van der Waals surface area contributed by atoms with E-state index in [1.54, 1.807) is 4.90 Å². The molecule has 0 N–H and O–H groups in total. The Morgan fingerprint density at radius 1 is 1.29 bits per heavy atom. The molecule has 0 saturated carbocycles. The molecule has 7 nitrogen and oxygen atoms in total. The topological polar surface area (TPSA) is 89.5 Å². The Kier molecular flexibility index (Phi) is 8.18. The first-order valence-electron chi connectivity index (χ1n) is 10.2. The molecule has 1 unspecified atom stereocenters. The summed E-state index contributed by atoms with van der Waals surface area (Å²) in [6, 6.07) is 7.05. The number of carbonyl (C=O) groups excluding carboxylic acids is 1. The molecule has 1 aliphatic rings. The molecule has 0 bridgehead atoms. The Bertz CT molecular complexity index is 1020. The lowest BCUT2D eigenvalue weighted by atomic mass is 10.1. The molecular formula is C21H26ClN3O4S2. The van der Waals surface area contributed by atoms with E-state index in [4.69, 9.17) is 16.3 Å². The van der Waals surface area contributed by atoms with E-state index in [1.807, 2.05) is 38.1 Å². The second-order valence-corrected chi connectivity index (χ2v) is 11.1. The lowest BCUT2D eigenvalue weighted by molar-refractivity contribution is 0.0674. The number of benzene rings is 1. The van der Waals surface area contributed by atoms with Crippen molar-refractivity contribution in [3.8, 4) is 5.75 Å². The first-order chi connectivity index (χ1) is 14.8. The van der Waals surface area contributed by atoms with Gasteiger partial charge in [0.2, 0.25) is 0 Å². The van der Waals surface area contributed by atoms with Gasteiger partial charge in [-0.25, -0.2) is 18.4 Å². The summed E-state index contributed by atoms with van der Waals surface area (Å²) in [5, 5.41) is 0.617. The number of rotatable bonds is 9. The van der Waals surface area contributed by atoms with E-state index in [-0.39, 0.29) is 28.8 Å². The highest BCUT2D eigenvalue weighted by molar-refractivity contribution is 7.99. The minimum Gasteiger partial charge on any atom is -0.494 e. The van der Waals surface area contributed by atoms with Crippen LogP contribution in [0.4, 0.5) is 0 Å². The largest absolute Gasteiger partial charge is 0.494 e. The average molecular weight is 484 g/mol. The van der Waals surface area contributed by atoms with Gasteiger partial charge < -0.3 is 9.64 Å². The van der Waals surface area contributed by atoms with Gasteiger partial charge in [0.05, 0.1) is 29.3 Å². The minimum atomic E-state index is -3.18. The summed E-state index contributed by atoms with van der Waals surface area (Å²) in [5.74, 6) is 1.13. The van der Waals surface area contributed by atoms with E-state index in [9.17, 15) is 13.2 Å². The summed E-state index contributed by atoms with van der Waals surface area (Å²) < 4.78 is 29.8. The van der Waals surface area contributed by atoms with Crippen LogP contribution in [0.25, 0.3) is 0 Å². The highest BCUT2D eigenvalue weighted by Gasteiger charge is 2.36. The molecule has 31 heavy (non-hydrogen) atoms. The Morgan fingerprint density at radius 2 is 2.03 bits per heavy atom. The summed E-state index contributed by atoms with van der Waals surface area (Å²) in [5.41, 5.74) is 0.967. The summed E-state index contributed by atoms with van der Waals surface area (Å²) >= 11 is 7.66. The van der Waals surface area contributed by atoms with Gasteiger partial charge >= 0.3 is 0 Å². The Morgan fingerprint density at radius 3 is 2.65 bits per heavy atom. The summed E-state index contributed by atoms with van der Waals surface area (Å²) in [6.45, 7) is 4.89. The molecule has 168 valence electrons.